The number of nitrogens with two attached hydrogens (primary N) is 1. The topological polar surface area (TPSA) is 49.5 Å². The molecule has 1 aliphatic heterocycles. The molecule has 1 rings (SSSR count). The van der Waals surface area contributed by atoms with Crippen LogP contribution in [0.1, 0.15) is 13.3 Å². The second-order valence-corrected chi connectivity index (χ2v) is 3.16. The summed E-state index contributed by atoms with van der Waals surface area (Å²) in [5.74, 6) is 0. The average Bonchev–Trinajstić information content (AvgIpc) is 2.13. The molecule has 0 aliphatic carbocycles. The smallest absolute Gasteiger partial charge is 0.0639 e. The van der Waals surface area contributed by atoms with Crippen LogP contribution in [0.2, 0.25) is 0 Å². The van der Waals surface area contributed by atoms with Gasteiger partial charge in [-0.1, -0.05) is 0 Å². The van der Waals surface area contributed by atoms with Crippen molar-refractivity contribution >= 4 is 0 Å². The van der Waals surface area contributed by atoms with Crippen LogP contribution in [-0.2, 0) is 0 Å². The van der Waals surface area contributed by atoms with E-state index in [1.54, 1.807) is 0 Å². The quantitative estimate of drug-likeness (QED) is 0.544. The number of rotatable bonds is 2. The van der Waals surface area contributed by atoms with Crippen molar-refractivity contribution in [1.82, 2.24) is 4.90 Å². The molecular weight excluding hydrogens is 128 g/mol. The first-order valence-corrected chi connectivity index (χ1v) is 3.84. The highest BCUT2D eigenvalue weighted by atomic mass is 16.3. The fourth-order valence-corrected chi connectivity index (χ4v) is 1.40. The second-order valence-electron chi connectivity index (χ2n) is 3.16. The predicted octanol–water partition coefficient (Wildman–Crippen LogP) is -0.600. The molecule has 1 heterocycles. The summed E-state index contributed by atoms with van der Waals surface area (Å²) < 4.78 is 0. The van der Waals surface area contributed by atoms with Gasteiger partial charge in [0.05, 0.1) is 6.10 Å². The molecule has 2 atom stereocenters. The van der Waals surface area contributed by atoms with Crippen molar-refractivity contribution < 1.29 is 5.11 Å². The number of hydrogen-bond donors (Lipinski definition) is 2. The number of β-amino-alcohol motifs (C(OH)–C–C–N with tert-alkyl or cyclic N) is 1. The molecule has 1 saturated heterocycles. The van der Waals surface area contributed by atoms with E-state index in [1.165, 1.54) is 0 Å². The fourth-order valence-electron chi connectivity index (χ4n) is 1.40. The predicted molar refractivity (Wildman–Crippen MR) is 40.7 cm³/mol. The van der Waals surface area contributed by atoms with Crippen molar-refractivity contribution in [2.75, 3.05) is 19.6 Å². The van der Waals surface area contributed by atoms with Gasteiger partial charge in [0, 0.05) is 19.1 Å². The maximum atomic E-state index is 9.02. The molecule has 10 heavy (non-hydrogen) atoms. The van der Waals surface area contributed by atoms with Crippen molar-refractivity contribution in [3.8, 4) is 0 Å². The van der Waals surface area contributed by atoms with E-state index in [0.717, 1.165) is 26.1 Å². The van der Waals surface area contributed by atoms with Crippen LogP contribution >= 0.6 is 0 Å². The summed E-state index contributed by atoms with van der Waals surface area (Å²) in [6.07, 6.45) is 0.859. The molecule has 0 amide bonds. The van der Waals surface area contributed by atoms with E-state index in [4.69, 9.17) is 10.8 Å². The minimum absolute atomic E-state index is 0.217. The van der Waals surface area contributed by atoms with Gasteiger partial charge in [-0.2, -0.15) is 0 Å². The summed E-state index contributed by atoms with van der Waals surface area (Å²) in [6.45, 7) is 4.58. The molecule has 0 bridgehead atoms. The lowest BCUT2D eigenvalue weighted by molar-refractivity contribution is 0.140. The summed E-state index contributed by atoms with van der Waals surface area (Å²) in [5, 5.41) is 9.02. The highest BCUT2D eigenvalue weighted by Crippen LogP contribution is 2.06. The zero-order valence-corrected chi connectivity index (χ0v) is 6.45. The highest BCUT2D eigenvalue weighted by Gasteiger charge is 2.19. The Hall–Kier alpha value is -0.120. The van der Waals surface area contributed by atoms with Gasteiger partial charge in [-0.15, -0.1) is 0 Å². The molecule has 1 aliphatic rings. The van der Waals surface area contributed by atoms with Crippen molar-refractivity contribution in [1.29, 1.82) is 0 Å². The van der Waals surface area contributed by atoms with E-state index < -0.39 is 0 Å². The maximum absolute atomic E-state index is 9.02. The minimum atomic E-state index is -0.217. The van der Waals surface area contributed by atoms with Crippen molar-refractivity contribution in [2.45, 2.75) is 25.5 Å². The third kappa shape index (κ3) is 2.25. The maximum Gasteiger partial charge on any atom is 0.0639 e. The Labute approximate surface area is 61.8 Å². The van der Waals surface area contributed by atoms with Gasteiger partial charge in [0.2, 0.25) is 0 Å². The molecule has 60 valence electrons. The van der Waals surface area contributed by atoms with Gasteiger partial charge < -0.3 is 10.8 Å². The molecule has 1 fully saturated rings. The van der Waals surface area contributed by atoms with Gasteiger partial charge in [-0.25, -0.2) is 0 Å². The molecular formula is C7H16N2O. The lowest BCUT2D eigenvalue weighted by Gasteiger charge is -2.16. The average molecular weight is 144 g/mol. The fraction of sp³-hybridized carbons (Fsp3) is 1.00. The monoisotopic (exact) mass is 144 g/mol. The van der Waals surface area contributed by atoms with E-state index in [0.29, 0.717) is 6.04 Å². The Morgan fingerprint density at radius 1 is 1.80 bits per heavy atom. The van der Waals surface area contributed by atoms with Crippen molar-refractivity contribution in [3.63, 3.8) is 0 Å². The summed E-state index contributed by atoms with van der Waals surface area (Å²) in [6, 6.07) is 0.332. The Kier molecular flexibility index (Phi) is 2.65. The van der Waals surface area contributed by atoms with E-state index >= 15 is 0 Å². The molecule has 0 aromatic heterocycles. The van der Waals surface area contributed by atoms with Gasteiger partial charge in [-0.3, -0.25) is 4.90 Å². The Bertz CT molecular complexity index is 106. The molecule has 0 aromatic carbocycles. The first kappa shape index (κ1) is 7.98. The number of nitrogens with zero attached hydrogens (tertiary/aromatic N) is 1. The summed E-state index contributed by atoms with van der Waals surface area (Å²) in [5.41, 5.74) is 5.68. The number of likely N-dealkylation sites (tertiary alicyclic amines) is 1. The van der Waals surface area contributed by atoms with Gasteiger partial charge in [-0.05, 0) is 19.9 Å². The minimum Gasteiger partial charge on any atom is -0.392 e. The Balaban J connectivity index is 2.18. The van der Waals surface area contributed by atoms with E-state index in [-0.39, 0.29) is 6.10 Å². The molecule has 3 nitrogen and oxygen atoms in total. The largest absolute Gasteiger partial charge is 0.392 e. The number of hydrogen-bond acceptors (Lipinski definition) is 3. The zero-order valence-electron chi connectivity index (χ0n) is 6.45. The Morgan fingerprint density at radius 2 is 2.50 bits per heavy atom. The molecule has 3 heteroatoms. The van der Waals surface area contributed by atoms with Crippen LogP contribution in [-0.4, -0.2) is 41.8 Å². The van der Waals surface area contributed by atoms with Gasteiger partial charge in [0.1, 0.15) is 0 Å². The van der Waals surface area contributed by atoms with Crippen LogP contribution in [0.4, 0.5) is 0 Å². The normalized spacial score (nSPS) is 30.9. The van der Waals surface area contributed by atoms with Gasteiger partial charge in [0.25, 0.3) is 0 Å². The van der Waals surface area contributed by atoms with Gasteiger partial charge >= 0.3 is 0 Å². The van der Waals surface area contributed by atoms with Crippen LogP contribution in [0.15, 0.2) is 0 Å². The standard InChI is InChI=1S/C7H16N2O/c1-6(10)4-9-3-2-7(8)5-9/h6-7,10H,2-5,8H2,1H3/t6-,7?/m1/s1. The van der Waals surface area contributed by atoms with E-state index in [9.17, 15) is 0 Å². The highest BCUT2D eigenvalue weighted by molar-refractivity contribution is 4.78. The van der Waals surface area contributed by atoms with Crippen LogP contribution in [0.25, 0.3) is 0 Å². The summed E-state index contributed by atoms with van der Waals surface area (Å²) in [7, 11) is 0. The number of aliphatic hydroxyl groups excluding tert-OH is 1. The molecule has 0 spiro atoms. The first-order chi connectivity index (χ1) is 4.68. The molecule has 3 N–H and O–H groups in total. The third-order valence-electron chi connectivity index (χ3n) is 1.83. The Morgan fingerprint density at radius 3 is 2.90 bits per heavy atom. The second kappa shape index (κ2) is 3.32. The molecule has 0 radical (unpaired) electrons. The number of aliphatic hydroxyl groups is 1. The van der Waals surface area contributed by atoms with Crippen LogP contribution in [0.5, 0.6) is 0 Å². The molecule has 1 unspecified atom stereocenters. The van der Waals surface area contributed by atoms with Crippen LogP contribution in [0, 0.1) is 0 Å². The van der Waals surface area contributed by atoms with Crippen molar-refractivity contribution in [2.24, 2.45) is 5.73 Å². The van der Waals surface area contributed by atoms with Crippen LogP contribution in [0.3, 0.4) is 0 Å². The lowest BCUT2D eigenvalue weighted by atomic mass is 10.3. The lowest BCUT2D eigenvalue weighted by Crippen LogP contribution is -2.31. The van der Waals surface area contributed by atoms with E-state index in [1.807, 2.05) is 6.92 Å². The van der Waals surface area contributed by atoms with E-state index in [2.05, 4.69) is 4.90 Å². The molecule has 0 aromatic rings. The SMILES string of the molecule is C[C@@H](O)CN1CCC(N)C1. The summed E-state index contributed by atoms with van der Waals surface area (Å²) >= 11 is 0. The third-order valence-corrected chi connectivity index (χ3v) is 1.83. The van der Waals surface area contributed by atoms with Crippen LogP contribution < -0.4 is 5.73 Å². The molecule has 0 saturated carbocycles. The van der Waals surface area contributed by atoms with Crippen molar-refractivity contribution in [3.05, 3.63) is 0 Å². The first-order valence-electron chi connectivity index (χ1n) is 3.84. The zero-order chi connectivity index (χ0) is 7.56. The summed E-state index contributed by atoms with van der Waals surface area (Å²) in [4.78, 5) is 2.20. The van der Waals surface area contributed by atoms with Gasteiger partial charge in [0.15, 0.2) is 0 Å².